The molecule has 2 heteroatoms. The maximum Gasteiger partial charge on any atom is 0.0443 e. The van der Waals surface area contributed by atoms with Crippen LogP contribution in [0.2, 0.25) is 0 Å². The largest absolute Gasteiger partial charge is 0.374 e. The van der Waals surface area contributed by atoms with E-state index in [9.17, 15) is 0 Å². The fourth-order valence-corrected chi connectivity index (χ4v) is 3.21. The molecule has 20 heavy (non-hydrogen) atoms. The number of anilines is 1. The van der Waals surface area contributed by atoms with E-state index >= 15 is 0 Å². The van der Waals surface area contributed by atoms with Crippen LogP contribution < -0.4 is 10.2 Å². The molecule has 1 N–H and O–H groups in total. The summed E-state index contributed by atoms with van der Waals surface area (Å²) in [5.74, 6) is 0.897. The second kappa shape index (κ2) is 6.27. The van der Waals surface area contributed by atoms with Gasteiger partial charge in [0.1, 0.15) is 0 Å². The molecule has 2 aromatic carbocycles. The Balaban J connectivity index is 1.70. The highest BCUT2D eigenvalue weighted by molar-refractivity contribution is 5.94. The fourth-order valence-electron chi connectivity index (χ4n) is 3.21. The average molecular weight is 268 g/mol. The average Bonchev–Trinajstić information content (AvgIpc) is 2.53. The lowest BCUT2D eigenvalue weighted by Crippen LogP contribution is -2.30. The van der Waals surface area contributed by atoms with Crippen molar-refractivity contribution in [3.8, 4) is 0 Å². The minimum absolute atomic E-state index is 0.897. The summed E-state index contributed by atoms with van der Waals surface area (Å²) < 4.78 is 0. The van der Waals surface area contributed by atoms with Gasteiger partial charge in [0, 0.05) is 24.7 Å². The van der Waals surface area contributed by atoms with Crippen molar-refractivity contribution in [1.29, 1.82) is 0 Å². The summed E-state index contributed by atoms with van der Waals surface area (Å²) in [4.78, 5) is 2.42. The van der Waals surface area contributed by atoms with E-state index in [4.69, 9.17) is 0 Å². The quantitative estimate of drug-likeness (QED) is 0.910. The molecule has 0 aliphatic carbocycles. The molecule has 2 aromatic rings. The highest BCUT2D eigenvalue weighted by atomic mass is 15.1. The predicted molar refractivity (Wildman–Crippen MR) is 87.4 cm³/mol. The molecular formula is C18H24N2. The maximum atomic E-state index is 3.44. The van der Waals surface area contributed by atoms with Gasteiger partial charge in [0.25, 0.3) is 0 Å². The monoisotopic (exact) mass is 268 g/mol. The smallest absolute Gasteiger partial charge is 0.0443 e. The van der Waals surface area contributed by atoms with Crippen molar-refractivity contribution >= 4 is 16.5 Å². The molecule has 0 radical (unpaired) electrons. The van der Waals surface area contributed by atoms with Crippen LogP contribution in [0.15, 0.2) is 42.5 Å². The summed E-state index contributed by atoms with van der Waals surface area (Å²) in [6.07, 6.45) is 3.98. The number of benzene rings is 2. The number of hydrogen-bond donors (Lipinski definition) is 1. The summed E-state index contributed by atoms with van der Waals surface area (Å²) in [5, 5.41) is 6.14. The van der Waals surface area contributed by atoms with E-state index in [1.165, 1.54) is 48.8 Å². The summed E-state index contributed by atoms with van der Waals surface area (Å²) in [6.45, 7) is 3.55. The first-order valence-corrected chi connectivity index (χ1v) is 7.74. The molecule has 2 nitrogen and oxygen atoms in total. The van der Waals surface area contributed by atoms with E-state index in [1.54, 1.807) is 0 Å². The van der Waals surface area contributed by atoms with Crippen LogP contribution >= 0.6 is 0 Å². The fraction of sp³-hybridized carbons (Fsp3) is 0.444. The first-order chi connectivity index (χ1) is 9.84. The molecule has 1 saturated heterocycles. The summed E-state index contributed by atoms with van der Waals surface area (Å²) >= 11 is 0. The second-order valence-corrected chi connectivity index (χ2v) is 5.90. The molecule has 0 aromatic heterocycles. The van der Waals surface area contributed by atoms with Crippen molar-refractivity contribution in [3.05, 3.63) is 42.5 Å². The van der Waals surface area contributed by atoms with Gasteiger partial charge in [-0.1, -0.05) is 36.4 Å². The van der Waals surface area contributed by atoms with Gasteiger partial charge in [-0.25, -0.2) is 0 Å². The van der Waals surface area contributed by atoms with Crippen LogP contribution in [-0.4, -0.2) is 26.7 Å². The first-order valence-electron chi connectivity index (χ1n) is 7.74. The highest BCUT2D eigenvalue weighted by Gasteiger charge is 2.14. The van der Waals surface area contributed by atoms with E-state index in [-0.39, 0.29) is 0 Å². The van der Waals surface area contributed by atoms with Gasteiger partial charge in [-0.05, 0) is 49.7 Å². The van der Waals surface area contributed by atoms with Crippen LogP contribution in [0.4, 0.5) is 5.69 Å². The van der Waals surface area contributed by atoms with Gasteiger partial charge in [0.15, 0.2) is 0 Å². The third-order valence-corrected chi connectivity index (χ3v) is 4.51. The molecule has 0 unspecified atom stereocenters. The van der Waals surface area contributed by atoms with Gasteiger partial charge >= 0.3 is 0 Å². The van der Waals surface area contributed by atoms with Crippen LogP contribution in [0.5, 0.6) is 0 Å². The van der Waals surface area contributed by atoms with Crippen molar-refractivity contribution in [2.24, 2.45) is 5.92 Å². The third kappa shape index (κ3) is 2.96. The van der Waals surface area contributed by atoms with Crippen LogP contribution in [0.3, 0.4) is 0 Å². The van der Waals surface area contributed by atoms with Crippen molar-refractivity contribution in [2.75, 3.05) is 31.6 Å². The number of hydrogen-bond acceptors (Lipinski definition) is 2. The molecule has 106 valence electrons. The van der Waals surface area contributed by atoms with Gasteiger partial charge in [0.2, 0.25) is 0 Å². The van der Waals surface area contributed by atoms with Gasteiger partial charge in [-0.3, -0.25) is 0 Å². The van der Waals surface area contributed by atoms with Gasteiger partial charge in [-0.15, -0.1) is 0 Å². The minimum atomic E-state index is 0.897. The number of nitrogens with zero attached hydrogens (tertiary/aromatic N) is 1. The molecular weight excluding hydrogens is 244 g/mol. The van der Waals surface area contributed by atoms with Gasteiger partial charge < -0.3 is 10.2 Å². The molecule has 0 saturated carbocycles. The molecule has 0 bridgehead atoms. The SMILES string of the molecule is CN(CCC1CCNCC1)c1cccc2ccccc12. The van der Waals surface area contributed by atoms with E-state index in [1.807, 2.05) is 0 Å². The Bertz CT molecular complexity index is 553. The summed E-state index contributed by atoms with van der Waals surface area (Å²) in [5.41, 5.74) is 1.36. The van der Waals surface area contributed by atoms with E-state index < -0.39 is 0 Å². The van der Waals surface area contributed by atoms with E-state index in [0.29, 0.717) is 0 Å². The molecule has 0 amide bonds. The lowest BCUT2D eigenvalue weighted by molar-refractivity contribution is 0.356. The number of rotatable bonds is 4. The second-order valence-electron chi connectivity index (χ2n) is 5.90. The molecule has 0 spiro atoms. The van der Waals surface area contributed by atoms with Crippen LogP contribution in [0, 0.1) is 5.92 Å². The molecule has 1 aliphatic heterocycles. The van der Waals surface area contributed by atoms with Gasteiger partial charge in [-0.2, -0.15) is 0 Å². The number of piperidine rings is 1. The Hall–Kier alpha value is -1.54. The number of nitrogens with one attached hydrogen (secondary N) is 1. The molecule has 0 atom stereocenters. The Morgan fingerprint density at radius 1 is 1.05 bits per heavy atom. The lowest BCUT2D eigenvalue weighted by Gasteiger charge is -2.27. The van der Waals surface area contributed by atoms with Crippen molar-refractivity contribution in [2.45, 2.75) is 19.3 Å². The van der Waals surface area contributed by atoms with Crippen molar-refractivity contribution in [1.82, 2.24) is 5.32 Å². The molecule has 3 rings (SSSR count). The molecule has 1 heterocycles. The Labute approximate surface area is 121 Å². The van der Waals surface area contributed by atoms with Crippen molar-refractivity contribution in [3.63, 3.8) is 0 Å². The Morgan fingerprint density at radius 2 is 1.80 bits per heavy atom. The van der Waals surface area contributed by atoms with Crippen LogP contribution in [0.1, 0.15) is 19.3 Å². The first kappa shape index (κ1) is 13.4. The summed E-state index contributed by atoms with van der Waals surface area (Å²) in [6, 6.07) is 15.3. The Morgan fingerprint density at radius 3 is 2.65 bits per heavy atom. The standard InChI is InChI=1S/C18H24N2/c1-20(14-11-15-9-12-19-13-10-15)18-8-4-6-16-5-2-3-7-17(16)18/h2-8,15,19H,9-14H2,1H3. The topological polar surface area (TPSA) is 15.3 Å². The zero-order valence-corrected chi connectivity index (χ0v) is 12.3. The molecule has 1 aliphatic rings. The van der Waals surface area contributed by atoms with Crippen molar-refractivity contribution < 1.29 is 0 Å². The zero-order valence-electron chi connectivity index (χ0n) is 12.3. The zero-order chi connectivity index (χ0) is 13.8. The normalized spacial score (nSPS) is 16.4. The number of fused-ring (bicyclic) bond motifs is 1. The summed E-state index contributed by atoms with van der Waals surface area (Å²) in [7, 11) is 2.23. The van der Waals surface area contributed by atoms with E-state index in [0.717, 1.165) is 12.5 Å². The minimum Gasteiger partial charge on any atom is -0.374 e. The predicted octanol–water partition coefficient (Wildman–Crippen LogP) is 3.67. The van der Waals surface area contributed by atoms with E-state index in [2.05, 4.69) is 59.7 Å². The van der Waals surface area contributed by atoms with Crippen LogP contribution in [-0.2, 0) is 0 Å². The lowest BCUT2D eigenvalue weighted by atomic mass is 9.94. The Kier molecular flexibility index (Phi) is 4.22. The van der Waals surface area contributed by atoms with Crippen LogP contribution in [0.25, 0.3) is 10.8 Å². The maximum absolute atomic E-state index is 3.44. The highest BCUT2D eigenvalue weighted by Crippen LogP contribution is 2.26. The molecule has 1 fully saturated rings. The third-order valence-electron chi connectivity index (χ3n) is 4.51. The van der Waals surface area contributed by atoms with Gasteiger partial charge in [0.05, 0.1) is 0 Å².